The van der Waals surface area contributed by atoms with Crippen LogP contribution in [0.5, 0.6) is 0 Å². The van der Waals surface area contributed by atoms with Crippen molar-refractivity contribution in [2.24, 2.45) is 0 Å². The molecule has 0 spiro atoms. The Hall–Kier alpha value is -1.79. The third kappa shape index (κ3) is 3.65. The van der Waals surface area contributed by atoms with Crippen molar-refractivity contribution in [3.63, 3.8) is 0 Å². The molecule has 6 nitrogen and oxygen atoms in total. The van der Waals surface area contributed by atoms with Crippen molar-refractivity contribution in [1.82, 2.24) is 9.80 Å². The first-order valence-electron chi connectivity index (χ1n) is 6.16. The minimum Gasteiger partial charge on any atom is -0.474 e. The van der Waals surface area contributed by atoms with Gasteiger partial charge in [-0.15, -0.1) is 0 Å². The lowest BCUT2D eigenvalue weighted by Gasteiger charge is -2.33. The normalized spacial score (nSPS) is 15.0. The number of hydrogen-bond acceptors (Lipinski definition) is 3. The summed E-state index contributed by atoms with van der Waals surface area (Å²) < 4.78 is 0. The molecule has 1 aliphatic heterocycles. The largest absolute Gasteiger partial charge is 0.474 e. The molecule has 1 fully saturated rings. The summed E-state index contributed by atoms with van der Waals surface area (Å²) in [6.07, 6.45) is 0. The number of carboxylic acids is 1. The number of carbonyl (C=O) groups is 3. The van der Waals surface area contributed by atoms with E-state index in [0.717, 1.165) is 0 Å². The SMILES string of the molecule is O=C(O)C(=O)N1CCN(C(=O)c2cc(Cl)cc(Cl)c2)CC1. The number of amides is 2. The first kappa shape index (κ1) is 15.6. The fourth-order valence-corrected chi connectivity index (χ4v) is 2.63. The molecule has 112 valence electrons. The number of hydrogen-bond donors (Lipinski definition) is 1. The van der Waals surface area contributed by atoms with Gasteiger partial charge in [-0.1, -0.05) is 23.2 Å². The maximum Gasteiger partial charge on any atom is 0.394 e. The van der Waals surface area contributed by atoms with Gasteiger partial charge in [0.25, 0.3) is 5.91 Å². The molecule has 0 unspecified atom stereocenters. The average molecular weight is 331 g/mol. The molecule has 0 saturated carbocycles. The smallest absolute Gasteiger partial charge is 0.394 e. The van der Waals surface area contributed by atoms with Gasteiger partial charge in [0.1, 0.15) is 0 Å². The van der Waals surface area contributed by atoms with Gasteiger partial charge in [-0.3, -0.25) is 9.59 Å². The molecular weight excluding hydrogens is 319 g/mol. The number of benzene rings is 1. The molecule has 0 bridgehead atoms. The number of aliphatic carboxylic acids is 1. The van der Waals surface area contributed by atoms with E-state index in [2.05, 4.69) is 0 Å². The van der Waals surface area contributed by atoms with Crippen LogP contribution >= 0.6 is 23.2 Å². The van der Waals surface area contributed by atoms with E-state index in [0.29, 0.717) is 15.6 Å². The summed E-state index contributed by atoms with van der Waals surface area (Å²) in [5, 5.41) is 9.38. The summed E-state index contributed by atoms with van der Waals surface area (Å²) in [6, 6.07) is 4.57. The van der Waals surface area contributed by atoms with Crippen molar-refractivity contribution in [3.8, 4) is 0 Å². The van der Waals surface area contributed by atoms with Gasteiger partial charge in [0.2, 0.25) is 0 Å². The molecule has 8 heteroatoms. The summed E-state index contributed by atoms with van der Waals surface area (Å²) in [5.41, 5.74) is 0.366. The number of carbonyl (C=O) groups excluding carboxylic acids is 2. The Balaban J connectivity index is 2.03. The van der Waals surface area contributed by atoms with E-state index in [1.807, 2.05) is 0 Å². The summed E-state index contributed by atoms with van der Waals surface area (Å²) >= 11 is 11.7. The Kier molecular flexibility index (Phi) is 4.69. The topological polar surface area (TPSA) is 77.9 Å². The molecular formula is C13H12Cl2N2O4. The van der Waals surface area contributed by atoms with E-state index in [1.165, 1.54) is 28.0 Å². The van der Waals surface area contributed by atoms with Crippen LogP contribution in [0.2, 0.25) is 10.0 Å². The molecule has 1 aliphatic rings. The van der Waals surface area contributed by atoms with Gasteiger partial charge in [0.15, 0.2) is 0 Å². The molecule has 1 N–H and O–H groups in total. The van der Waals surface area contributed by atoms with Crippen LogP contribution in [0, 0.1) is 0 Å². The number of nitrogens with zero attached hydrogens (tertiary/aromatic N) is 2. The average Bonchev–Trinajstić information content (AvgIpc) is 2.44. The van der Waals surface area contributed by atoms with Gasteiger partial charge in [-0.2, -0.15) is 0 Å². The molecule has 1 aromatic rings. The second-order valence-electron chi connectivity index (χ2n) is 4.55. The van der Waals surface area contributed by atoms with Gasteiger partial charge in [-0.05, 0) is 18.2 Å². The maximum atomic E-state index is 12.3. The van der Waals surface area contributed by atoms with Crippen LogP contribution in [-0.2, 0) is 9.59 Å². The van der Waals surface area contributed by atoms with Crippen LogP contribution in [0.3, 0.4) is 0 Å². The number of rotatable bonds is 1. The van der Waals surface area contributed by atoms with E-state index in [1.54, 1.807) is 0 Å². The van der Waals surface area contributed by atoms with Crippen LogP contribution in [0.1, 0.15) is 10.4 Å². The summed E-state index contributed by atoms with van der Waals surface area (Å²) in [5.74, 6) is -2.69. The van der Waals surface area contributed by atoms with E-state index in [4.69, 9.17) is 28.3 Å². The van der Waals surface area contributed by atoms with Gasteiger partial charge in [0.05, 0.1) is 0 Å². The standard InChI is InChI=1S/C13H12Cl2N2O4/c14-9-5-8(6-10(15)7-9)11(18)16-1-3-17(4-2-16)12(19)13(20)21/h5-7H,1-4H2,(H,20,21). The first-order chi connectivity index (χ1) is 9.88. The molecule has 2 rings (SSSR count). The van der Waals surface area contributed by atoms with E-state index < -0.39 is 11.9 Å². The Morgan fingerprint density at radius 3 is 1.86 bits per heavy atom. The van der Waals surface area contributed by atoms with Gasteiger partial charge >= 0.3 is 11.9 Å². The van der Waals surface area contributed by atoms with Crippen molar-refractivity contribution >= 4 is 41.0 Å². The third-order valence-corrected chi connectivity index (χ3v) is 3.58. The van der Waals surface area contributed by atoms with Gasteiger partial charge in [-0.25, -0.2) is 4.79 Å². The Morgan fingerprint density at radius 2 is 1.38 bits per heavy atom. The van der Waals surface area contributed by atoms with Crippen molar-refractivity contribution in [1.29, 1.82) is 0 Å². The van der Waals surface area contributed by atoms with Gasteiger partial charge in [0, 0.05) is 41.8 Å². The Morgan fingerprint density at radius 1 is 0.905 bits per heavy atom. The van der Waals surface area contributed by atoms with E-state index in [9.17, 15) is 14.4 Å². The summed E-state index contributed by atoms with van der Waals surface area (Å²) in [7, 11) is 0. The van der Waals surface area contributed by atoms with E-state index in [-0.39, 0.29) is 32.1 Å². The summed E-state index contributed by atoms with van der Waals surface area (Å²) in [4.78, 5) is 37.0. The molecule has 0 aliphatic carbocycles. The van der Waals surface area contributed by atoms with E-state index >= 15 is 0 Å². The molecule has 1 aromatic carbocycles. The lowest BCUT2D eigenvalue weighted by molar-refractivity contribution is -0.156. The van der Waals surface area contributed by atoms with Crippen LogP contribution in [-0.4, -0.2) is 58.9 Å². The number of halogens is 2. The van der Waals surface area contributed by atoms with Crippen LogP contribution in [0.25, 0.3) is 0 Å². The van der Waals surface area contributed by atoms with Crippen LogP contribution in [0.4, 0.5) is 0 Å². The minimum absolute atomic E-state index is 0.186. The third-order valence-electron chi connectivity index (χ3n) is 3.15. The van der Waals surface area contributed by atoms with Gasteiger partial charge < -0.3 is 14.9 Å². The molecule has 2 amide bonds. The highest BCUT2D eigenvalue weighted by Gasteiger charge is 2.28. The monoisotopic (exact) mass is 330 g/mol. The molecule has 21 heavy (non-hydrogen) atoms. The maximum absolute atomic E-state index is 12.3. The fraction of sp³-hybridized carbons (Fsp3) is 0.308. The van der Waals surface area contributed by atoms with Crippen molar-refractivity contribution < 1.29 is 19.5 Å². The quantitative estimate of drug-likeness (QED) is 0.789. The lowest BCUT2D eigenvalue weighted by atomic mass is 10.2. The molecule has 1 heterocycles. The molecule has 0 radical (unpaired) electrons. The predicted octanol–water partition coefficient (Wildman–Crippen LogP) is 1.36. The second kappa shape index (κ2) is 6.32. The fourth-order valence-electron chi connectivity index (χ4n) is 2.11. The summed E-state index contributed by atoms with van der Waals surface area (Å²) in [6.45, 7) is 0.903. The Bertz CT molecular complexity index is 578. The van der Waals surface area contributed by atoms with Crippen molar-refractivity contribution in [2.75, 3.05) is 26.2 Å². The van der Waals surface area contributed by atoms with Crippen LogP contribution in [0.15, 0.2) is 18.2 Å². The highest BCUT2D eigenvalue weighted by molar-refractivity contribution is 6.35. The second-order valence-corrected chi connectivity index (χ2v) is 5.42. The molecule has 1 saturated heterocycles. The highest BCUT2D eigenvalue weighted by atomic mass is 35.5. The molecule has 0 atom stereocenters. The van der Waals surface area contributed by atoms with Crippen molar-refractivity contribution in [2.45, 2.75) is 0 Å². The molecule has 0 aromatic heterocycles. The first-order valence-corrected chi connectivity index (χ1v) is 6.91. The zero-order chi connectivity index (χ0) is 15.6. The number of carboxylic acid groups (broad SMARTS) is 1. The highest BCUT2D eigenvalue weighted by Crippen LogP contribution is 2.20. The van der Waals surface area contributed by atoms with Crippen LogP contribution < -0.4 is 0 Å². The van der Waals surface area contributed by atoms with Crippen molar-refractivity contribution in [3.05, 3.63) is 33.8 Å². The Labute approximate surface area is 130 Å². The minimum atomic E-state index is -1.49. The predicted molar refractivity (Wildman–Crippen MR) is 76.6 cm³/mol. The zero-order valence-corrected chi connectivity index (χ0v) is 12.4. The zero-order valence-electron chi connectivity index (χ0n) is 10.9. The number of piperazine rings is 1. The lowest BCUT2D eigenvalue weighted by Crippen LogP contribution is -2.52.